The number of anilines is 1. The molecule has 0 atom stereocenters. The van der Waals surface area contributed by atoms with Crippen LogP contribution in [0.4, 0.5) is 5.69 Å². The molecule has 4 nitrogen and oxygen atoms in total. The fraction of sp³-hybridized carbons (Fsp3) is 0.0870. The average molecular weight is 463 g/mol. The Labute approximate surface area is 190 Å². The van der Waals surface area contributed by atoms with E-state index in [0.717, 1.165) is 11.1 Å². The molecule has 154 valence electrons. The van der Waals surface area contributed by atoms with Crippen LogP contribution in [0.5, 0.6) is 11.5 Å². The first-order valence-corrected chi connectivity index (χ1v) is 10.1. The van der Waals surface area contributed by atoms with E-state index in [2.05, 4.69) is 5.32 Å². The Balaban J connectivity index is 1.64. The Morgan fingerprint density at radius 3 is 2.37 bits per heavy atom. The van der Waals surface area contributed by atoms with Gasteiger partial charge in [0.2, 0.25) is 5.91 Å². The number of hydrogen-bond donors (Lipinski definition) is 1. The van der Waals surface area contributed by atoms with E-state index in [1.54, 1.807) is 43.5 Å². The van der Waals surface area contributed by atoms with Gasteiger partial charge in [-0.05, 0) is 59.7 Å². The maximum absolute atomic E-state index is 12.2. The van der Waals surface area contributed by atoms with Crippen molar-refractivity contribution in [2.75, 3.05) is 12.4 Å². The second-order valence-corrected chi connectivity index (χ2v) is 7.55. The zero-order valence-corrected chi connectivity index (χ0v) is 18.3. The van der Waals surface area contributed by atoms with Crippen molar-refractivity contribution in [3.05, 3.63) is 92.9 Å². The van der Waals surface area contributed by atoms with Gasteiger partial charge in [0.05, 0.1) is 17.8 Å². The van der Waals surface area contributed by atoms with E-state index < -0.39 is 0 Å². The molecule has 0 fully saturated rings. The molecule has 1 amide bonds. The van der Waals surface area contributed by atoms with Crippen molar-refractivity contribution in [1.82, 2.24) is 0 Å². The van der Waals surface area contributed by atoms with E-state index in [-0.39, 0.29) is 5.91 Å². The Bertz CT molecular complexity index is 1070. The number of carbonyl (C=O) groups is 1. The molecule has 0 radical (unpaired) electrons. The minimum atomic E-state index is -0.318. The van der Waals surface area contributed by atoms with E-state index in [0.29, 0.717) is 38.9 Å². The number of nitrogens with one attached hydrogen (secondary N) is 1. The first-order chi connectivity index (χ1) is 14.4. The van der Waals surface area contributed by atoms with Crippen LogP contribution < -0.4 is 14.8 Å². The van der Waals surface area contributed by atoms with Crippen LogP contribution in [0.2, 0.25) is 15.1 Å². The Morgan fingerprint density at radius 2 is 1.67 bits per heavy atom. The van der Waals surface area contributed by atoms with Crippen molar-refractivity contribution in [2.45, 2.75) is 6.61 Å². The van der Waals surface area contributed by atoms with Crippen molar-refractivity contribution >= 4 is 52.5 Å². The van der Waals surface area contributed by atoms with Gasteiger partial charge in [-0.25, -0.2) is 0 Å². The van der Waals surface area contributed by atoms with E-state index in [1.165, 1.54) is 6.08 Å². The first-order valence-electron chi connectivity index (χ1n) is 8.94. The van der Waals surface area contributed by atoms with Gasteiger partial charge in [0, 0.05) is 16.1 Å². The van der Waals surface area contributed by atoms with E-state index in [4.69, 9.17) is 44.3 Å². The van der Waals surface area contributed by atoms with Crippen molar-refractivity contribution < 1.29 is 14.3 Å². The number of carbonyl (C=O) groups excluding carboxylic acids is 1. The summed E-state index contributed by atoms with van der Waals surface area (Å²) in [6.07, 6.45) is 3.08. The highest BCUT2D eigenvalue weighted by Crippen LogP contribution is 2.30. The second kappa shape index (κ2) is 10.4. The lowest BCUT2D eigenvalue weighted by atomic mass is 10.2. The highest BCUT2D eigenvalue weighted by molar-refractivity contribution is 6.36. The smallest absolute Gasteiger partial charge is 0.248 e. The topological polar surface area (TPSA) is 47.6 Å². The van der Waals surface area contributed by atoms with Crippen LogP contribution in [0.3, 0.4) is 0 Å². The highest BCUT2D eigenvalue weighted by atomic mass is 35.5. The predicted octanol–water partition coefficient (Wildman–Crippen LogP) is 6.89. The maximum atomic E-state index is 12.2. The SMILES string of the molecule is COc1cc(C=CC(=O)Nc2ccc(Cl)cc2Cl)ccc1OCc1ccc(Cl)cc1. The standard InChI is InChI=1S/C23H18Cl3NO3/c1-29-22-12-15(4-10-21(22)30-14-16-2-6-17(24)7-3-16)5-11-23(28)27-20-9-8-18(25)13-19(20)26/h2-13H,14H2,1H3,(H,27,28). The number of amides is 1. The summed E-state index contributed by atoms with van der Waals surface area (Å²) < 4.78 is 11.3. The summed E-state index contributed by atoms with van der Waals surface area (Å²) in [6, 6.07) is 17.7. The molecule has 0 heterocycles. The van der Waals surface area contributed by atoms with Crippen LogP contribution in [0.15, 0.2) is 66.7 Å². The van der Waals surface area contributed by atoms with Gasteiger partial charge in [-0.15, -0.1) is 0 Å². The lowest BCUT2D eigenvalue weighted by molar-refractivity contribution is -0.111. The molecule has 3 rings (SSSR count). The summed E-state index contributed by atoms with van der Waals surface area (Å²) in [6.45, 7) is 0.382. The summed E-state index contributed by atoms with van der Waals surface area (Å²) >= 11 is 17.8. The lowest BCUT2D eigenvalue weighted by Gasteiger charge is -2.11. The van der Waals surface area contributed by atoms with Gasteiger partial charge in [0.15, 0.2) is 11.5 Å². The maximum Gasteiger partial charge on any atom is 0.248 e. The summed E-state index contributed by atoms with van der Waals surface area (Å²) in [5.41, 5.74) is 2.25. The highest BCUT2D eigenvalue weighted by Gasteiger charge is 2.07. The third-order valence-electron chi connectivity index (χ3n) is 4.11. The number of benzene rings is 3. The molecule has 0 aliphatic rings. The molecule has 0 saturated heterocycles. The molecule has 0 unspecified atom stereocenters. The largest absolute Gasteiger partial charge is 0.493 e. The number of hydrogen-bond acceptors (Lipinski definition) is 3. The predicted molar refractivity (Wildman–Crippen MR) is 123 cm³/mol. The molecule has 0 spiro atoms. The average Bonchev–Trinajstić information content (AvgIpc) is 2.74. The van der Waals surface area contributed by atoms with Crippen molar-refractivity contribution in [1.29, 1.82) is 0 Å². The summed E-state index contributed by atoms with van der Waals surface area (Å²) in [5.74, 6) is 0.843. The van der Waals surface area contributed by atoms with Crippen LogP contribution in [-0.2, 0) is 11.4 Å². The monoisotopic (exact) mass is 461 g/mol. The van der Waals surface area contributed by atoms with Crippen LogP contribution in [0.25, 0.3) is 6.08 Å². The normalized spacial score (nSPS) is 10.8. The summed E-state index contributed by atoms with van der Waals surface area (Å²) in [7, 11) is 1.56. The molecule has 0 aliphatic heterocycles. The molecule has 7 heteroatoms. The molecule has 30 heavy (non-hydrogen) atoms. The molecular weight excluding hydrogens is 445 g/mol. The number of methoxy groups -OCH3 is 1. The zero-order chi connectivity index (χ0) is 21.5. The van der Waals surface area contributed by atoms with Gasteiger partial charge in [0.25, 0.3) is 0 Å². The van der Waals surface area contributed by atoms with Gasteiger partial charge in [-0.2, -0.15) is 0 Å². The van der Waals surface area contributed by atoms with E-state index in [9.17, 15) is 4.79 Å². The van der Waals surface area contributed by atoms with Crippen LogP contribution >= 0.6 is 34.8 Å². The molecule has 3 aromatic rings. The van der Waals surface area contributed by atoms with E-state index in [1.807, 2.05) is 30.3 Å². The van der Waals surface area contributed by atoms with Crippen LogP contribution in [0, 0.1) is 0 Å². The zero-order valence-electron chi connectivity index (χ0n) is 16.0. The third kappa shape index (κ3) is 6.17. The van der Waals surface area contributed by atoms with Gasteiger partial charge in [-0.3, -0.25) is 4.79 Å². The second-order valence-electron chi connectivity index (χ2n) is 6.27. The first kappa shape index (κ1) is 22.0. The minimum Gasteiger partial charge on any atom is -0.493 e. The molecule has 1 N–H and O–H groups in total. The summed E-state index contributed by atoms with van der Waals surface area (Å²) in [5, 5.41) is 4.25. The third-order valence-corrected chi connectivity index (χ3v) is 4.91. The number of rotatable bonds is 7. The molecular formula is C23H18Cl3NO3. The Hall–Kier alpha value is -2.66. The Morgan fingerprint density at radius 1 is 0.933 bits per heavy atom. The fourth-order valence-corrected chi connectivity index (χ4v) is 3.17. The van der Waals surface area contributed by atoms with Crippen LogP contribution in [-0.4, -0.2) is 13.0 Å². The molecule has 0 saturated carbocycles. The van der Waals surface area contributed by atoms with E-state index >= 15 is 0 Å². The quantitative estimate of drug-likeness (QED) is 0.389. The van der Waals surface area contributed by atoms with Gasteiger partial charge in [0.1, 0.15) is 6.61 Å². The molecule has 0 aliphatic carbocycles. The molecule has 3 aromatic carbocycles. The molecule has 0 aromatic heterocycles. The Kier molecular flexibility index (Phi) is 7.63. The molecule has 0 bridgehead atoms. The van der Waals surface area contributed by atoms with Crippen molar-refractivity contribution in [3.8, 4) is 11.5 Å². The summed E-state index contributed by atoms with van der Waals surface area (Å²) in [4.78, 5) is 12.2. The van der Waals surface area contributed by atoms with Gasteiger partial charge < -0.3 is 14.8 Å². The van der Waals surface area contributed by atoms with Crippen molar-refractivity contribution in [2.24, 2.45) is 0 Å². The number of halogens is 3. The lowest BCUT2D eigenvalue weighted by Crippen LogP contribution is -2.08. The van der Waals surface area contributed by atoms with Crippen LogP contribution in [0.1, 0.15) is 11.1 Å². The number of ether oxygens (including phenoxy) is 2. The van der Waals surface area contributed by atoms with Gasteiger partial charge >= 0.3 is 0 Å². The van der Waals surface area contributed by atoms with Crippen molar-refractivity contribution in [3.63, 3.8) is 0 Å². The van der Waals surface area contributed by atoms with Gasteiger partial charge in [-0.1, -0.05) is 53.0 Å². The fourth-order valence-electron chi connectivity index (χ4n) is 2.59. The minimum absolute atomic E-state index is 0.318.